The predicted molar refractivity (Wildman–Crippen MR) is 39.1 cm³/mol. The van der Waals surface area contributed by atoms with Crippen molar-refractivity contribution < 1.29 is 13.5 Å². The Labute approximate surface area is 65.7 Å². The van der Waals surface area contributed by atoms with E-state index >= 15 is 0 Å². The molecule has 5 nitrogen and oxygen atoms in total. The van der Waals surface area contributed by atoms with Crippen molar-refractivity contribution in [2.24, 2.45) is 0 Å². The molecule has 0 aliphatic rings. The van der Waals surface area contributed by atoms with E-state index in [-0.39, 0.29) is 6.54 Å². The molecule has 11 heavy (non-hydrogen) atoms. The average molecular weight is 178 g/mol. The van der Waals surface area contributed by atoms with E-state index in [0.29, 0.717) is 0 Å². The molecule has 6 heteroatoms. The van der Waals surface area contributed by atoms with Gasteiger partial charge in [0.25, 0.3) is 0 Å². The molecule has 0 aliphatic heterocycles. The molecule has 0 aromatic heterocycles. The number of nitrogens with one attached hydrogen (secondary N) is 1. The quantitative estimate of drug-likeness (QED) is 0.566. The van der Waals surface area contributed by atoms with Gasteiger partial charge in [0, 0.05) is 6.54 Å². The lowest BCUT2D eigenvalue weighted by Crippen LogP contribution is -2.32. The van der Waals surface area contributed by atoms with Gasteiger partial charge in [-0.05, 0) is 6.92 Å². The smallest absolute Gasteiger partial charge is 0.225 e. The van der Waals surface area contributed by atoms with E-state index in [1.165, 1.54) is 13.0 Å². The summed E-state index contributed by atoms with van der Waals surface area (Å²) in [6.45, 7) is 1.40. The summed E-state index contributed by atoms with van der Waals surface area (Å²) >= 11 is 0. The second-order valence-corrected chi connectivity index (χ2v) is 3.92. The zero-order valence-electron chi connectivity index (χ0n) is 6.11. The first-order valence-corrected chi connectivity index (χ1v) is 4.65. The Morgan fingerprint density at radius 2 is 2.27 bits per heavy atom. The van der Waals surface area contributed by atoms with Gasteiger partial charge in [0.15, 0.2) is 5.75 Å². The van der Waals surface area contributed by atoms with Gasteiger partial charge >= 0.3 is 0 Å². The summed E-state index contributed by atoms with van der Waals surface area (Å²) in [6, 6.07) is 1.50. The van der Waals surface area contributed by atoms with Gasteiger partial charge < -0.3 is 5.11 Å². The van der Waals surface area contributed by atoms with Gasteiger partial charge in [-0.1, -0.05) is 0 Å². The number of hydrogen-bond acceptors (Lipinski definition) is 4. The Morgan fingerprint density at radius 1 is 1.73 bits per heavy atom. The van der Waals surface area contributed by atoms with Gasteiger partial charge in [-0.15, -0.1) is 0 Å². The van der Waals surface area contributed by atoms with E-state index in [0.717, 1.165) is 0 Å². The fourth-order valence-corrected chi connectivity index (χ4v) is 1.15. The van der Waals surface area contributed by atoms with Gasteiger partial charge in [0.05, 0.1) is 12.2 Å². The molecule has 0 heterocycles. The Balaban J connectivity index is 3.87. The molecule has 0 unspecified atom stereocenters. The summed E-state index contributed by atoms with van der Waals surface area (Å²) in [5, 5.41) is 16.7. The minimum absolute atomic E-state index is 0.0516. The topological polar surface area (TPSA) is 90.2 Å². The van der Waals surface area contributed by atoms with Crippen LogP contribution in [-0.2, 0) is 10.0 Å². The van der Waals surface area contributed by atoms with Crippen molar-refractivity contribution >= 4 is 10.0 Å². The fourth-order valence-electron chi connectivity index (χ4n) is 0.384. The Morgan fingerprint density at radius 3 is 2.64 bits per heavy atom. The van der Waals surface area contributed by atoms with E-state index < -0.39 is 21.9 Å². The van der Waals surface area contributed by atoms with Crippen LogP contribution in [0.15, 0.2) is 0 Å². The minimum Gasteiger partial charge on any atom is -0.392 e. The number of aliphatic hydroxyl groups excluding tert-OH is 1. The Kier molecular flexibility index (Phi) is 4.03. The van der Waals surface area contributed by atoms with Crippen LogP contribution in [-0.4, -0.2) is 31.9 Å². The summed E-state index contributed by atoms with van der Waals surface area (Å²) in [4.78, 5) is 0. The van der Waals surface area contributed by atoms with Gasteiger partial charge in [-0.2, -0.15) is 5.26 Å². The normalized spacial score (nSPS) is 13.9. The summed E-state index contributed by atoms with van der Waals surface area (Å²) in [5.74, 6) is -0.570. The number of rotatable bonds is 4. The molecule has 0 saturated carbocycles. The summed E-state index contributed by atoms with van der Waals surface area (Å²) < 4.78 is 23.4. The second-order valence-electron chi connectivity index (χ2n) is 2.11. The number of nitrogens with zero attached hydrogens (tertiary/aromatic N) is 1. The maximum atomic E-state index is 10.7. The Bertz CT molecular complexity index is 239. The Hall–Kier alpha value is -0.640. The van der Waals surface area contributed by atoms with Gasteiger partial charge in [0.2, 0.25) is 10.0 Å². The monoisotopic (exact) mass is 178 g/mol. The molecular formula is C5H10N2O3S. The largest absolute Gasteiger partial charge is 0.392 e. The van der Waals surface area contributed by atoms with E-state index in [1.807, 2.05) is 0 Å². The van der Waals surface area contributed by atoms with Crippen LogP contribution in [0.25, 0.3) is 0 Å². The number of sulfonamides is 1. The van der Waals surface area contributed by atoms with Crippen LogP contribution >= 0.6 is 0 Å². The van der Waals surface area contributed by atoms with Crippen molar-refractivity contribution in [1.82, 2.24) is 4.72 Å². The first-order valence-electron chi connectivity index (χ1n) is 3.00. The van der Waals surface area contributed by atoms with Crippen LogP contribution in [0.4, 0.5) is 0 Å². The van der Waals surface area contributed by atoms with Crippen molar-refractivity contribution in [1.29, 1.82) is 5.26 Å². The van der Waals surface area contributed by atoms with Crippen molar-refractivity contribution in [3.8, 4) is 6.07 Å². The van der Waals surface area contributed by atoms with Crippen molar-refractivity contribution in [3.63, 3.8) is 0 Å². The molecule has 2 N–H and O–H groups in total. The predicted octanol–water partition coefficient (Wildman–Crippen LogP) is -1.19. The lowest BCUT2D eigenvalue weighted by Gasteiger charge is -2.04. The first-order chi connectivity index (χ1) is 4.98. The highest BCUT2D eigenvalue weighted by molar-refractivity contribution is 7.89. The van der Waals surface area contributed by atoms with E-state index in [1.54, 1.807) is 0 Å². The van der Waals surface area contributed by atoms with E-state index in [4.69, 9.17) is 10.4 Å². The van der Waals surface area contributed by atoms with Crippen LogP contribution in [0.5, 0.6) is 0 Å². The zero-order chi connectivity index (χ0) is 8.91. The standard InChI is InChI=1S/C5H10N2O3S/c1-5(8)4-7-11(9,10)3-2-6/h5,7-8H,3-4H2,1H3/t5-/m0/s1. The van der Waals surface area contributed by atoms with Crippen LogP contribution in [0.2, 0.25) is 0 Å². The SMILES string of the molecule is C[C@H](O)CNS(=O)(=O)CC#N. The molecule has 1 atom stereocenters. The highest BCUT2D eigenvalue weighted by Gasteiger charge is 2.08. The molecule has 0 aromatic carbocycles. The molecule has 0 radical (unpaired) electrons. The van der Waals surface area contributed by atoms with E-state index in [2.05, 4.69) is 4.72 Å². The molecular weight excluding hydrogens is 168 g/mol. The molecule has 0 fully saturated rings. The van der Waals surface area contributed by atoms with Gasteiger partial charge in [0.1, 0.15) is 0 Å². The molecule has 0 spiro atoms. The van der Waals surface area contributed by atoms with Crippen LogP contribution in [0.1, 0.15) is 6.92 Å². The van der Waals surface area contributed by atoms with Crippen LogP contribution < -0.4 is 4.72 Å². The molecule has 0 aliphatic carbocycles. The van der Waals surface area contributed by atoms with Crippen molar-refractivity contribution in [2.45, 2.75) is 13.0 Å². The maximum absolute atomic E-state index is 10.7. The third-order valence-corrected chi connectivity index (χ3v) is 1.97. The highest BCUT2D eigenvalue weighted by atomic mass is 32.2. The second kappa shape index (κ2) is 4.28. The van der Waals surface area contributed by atoms with Gasteiger partial charge in [-0.25, -0.2) is 13.1 Å². The van der Waals surface area contributed by atoms with Crippen LogP contribution in [0.3, 0.4) is 0 Å². The minimum atomic E-state index is -3.50. The maximum Gasteiger partial charge on any atom is 0.225 e. The molecule has 0 aromatic rings. The lowest BCUT2D eigenvalue weighted by molar-refractivity contribution is 0.198. The first kappa shape index (κ1) is 10.4. The highest BCUT2D eigenvalue weighted by Crippen LogP contribution is 1.83. The molecule has 0 bridgehead atoms. The van der Waals surface area contributed by atoms with E-state index in [9.17, 15) is 8.42 Å². The zero-order valence-corrected chi connectivity index (χ0v) is 6.93. The third-order valence-electron chi connectivity index (χ3n) is 0.853. The lowest BCUT2D eigenvalue weighted by atomic mass is 10.4. The fraction of sp³-hybridized carbons (Fsp3) is 0.800. The number of nitriles is 1. The number of aliphatic hydroxyl groups is 1. The molecule has 0 rings (SSSR count). The summed E-state index contributed by atoms with van der Waals surface area (Å²) in [5.41, 5.74) is 0. The van der Waals surface area contributed by atoms with Crippen molar-refractivity contribution in [2.75, 3.05) is 12.3 Å². The number of hydrogen-bond donors (Lipinski definition) is 2. The van der Waals surface area contributed by atoms with Crippen LogP contribution in [0, 0.1) is 11.3 Å². The summed E-state index contributed by atoms with van der Waals surface area (Å²) in [7, 11) is -3.50. The average Bonchev–Trinajstić information content (AvgIpc) is 1.84. The van der Waals surface area contributed by atoms with Gasteiger partial charge in [-0.3, -0.25) is 0 Å². The molecule has 0 amide bonds. The summed E-state index contributed by atoms with van der Waals surface area (Å²) in [6.07, 6.45) is -0.733. The van der Waals surface area contributed by atoms with Crippen molar-refractivity contribution in [3.05, 3.63) is 0 Å². The molecule has 0 saturated heterocycles. The third kappa shape index (κ3) is 5.79. The molecule has 64 valence electrons.